The number of aryl methyl sites for hydroxylation is 2. The zero-order chi connectivity index (χ0) is 14.0. The molecule has 3 atom stereocenters. The lowest BCUT2D eigenvalue weighted by Gasteiger charge is -2.34. The summed E-state index contributed by atoms with van der Waals surface area (Å²) in [7, 11) is 0. The Morgan fingerprint density at radius 1 is 1.37 bits per heavy atom. The van der Waals surface area contributed by atoms with Crippen LogP contribution in [0.1, 0.15) is 51.4 Å². The fraction of sp³-hybridized carbons (Fsp3) is 0.800. The van der Waals surface area contributed by atoms with Crippen LogP contribution in [-0.2, 0) is 13.1 Å². The third kappa shape index (κ3) is 3.22. The van der Waals surface area contributed by atoms with Crippen molar-refractivity contribution in [3.63, 3.8) is 0 Å². The fourth-order valence-corrected chi connectivity index (χ4v) is 3.56. The average Bonchev–Trinajstić information content (AvgIpc) is 2.67. The molecule has 1 aromatic rings. The van der Waals surface area contributed by atoms with Crippen LogP contribution in [0.3, 0.4) is 0 Å². The Morgan fingerprint density at radius 3 is 2.79 bits per heavy atom. The van der Waals surface area contributed by atoms with E-state index in [2.05, 4.69) is 58.7 Å². The molecule has 1 heterocycles. The Hall–Kier alpha value is -0.350. The van der Waals surface area contributed by atoms with Gasteiger partial charge in [-0.05, 0) is 48.0 Å². The van der Waals surface area contributed by atoms with E-state index in [4.69, 9.17) is 0 Å². The topological polar surface area (TPSA) is 29.9 Å². The first kappa shape index (κ1) is 15.0. The molecular weight excluding hydrogens is 302 g/mol. The van der Waals surface area contributed by atoms with E-state index < -0.39 is 0 Å². The van der Waals surface area contributed by atoms with Crippen LogP contribution in [-0.4, -0.2) is 15.8 Å². The largest absolute Gasteiger partial charge is 0.308 e. The van der Waals surface area contributed by atoms with E-state index in [1.54, 1.807) is 0 Å². The summed E-state index contributed by atoms with van der Waals surface area (Å²) in [6.07, 6.45) is 4.05. The summed E-state index contributed by atoms with van der Waals surface area (Å²) >= 11 is 3.67. The van der Waals surface area contributed by atoms with Gasteiger partial charge < -0.3 is 5.32 Å². The van der Waals surface area contributed by atoms with Crippen molar-refractivity contribution in [3.8, 4) is 0 Å². The van der Waals surface area contributed by atoms with Crippen LogP contribution >= 0.6 is 15.9 Å². The minimum absolute atomic E-state index is 0.649. The van der Waals surface area contributed by atoms with Crippen molar-refractivity contribution in [2.24, 2.45) is 11.8 Å². The minimum atomic E-state index is 0.649. The molecule has 19 heavy (non-hydrogen) atoms. The van der Waals surface area contributed by atoms with Gasteiger partial charge in [0.15, 0.2) is 0 Å². The van der Waals surface area contributed by atoms with E-state index in [0.717, 1.165) is 30.6 Å². The quantitative estimate of drug-likeness (QED) is 0.909. The van der Waals surface area contributed by atoms with Crippen molar-refractivity contribution in [1.29, 1.82) is 0 Å². The van der Waals surface area contributed by atoms with E-state index in [1.807, 2.05) is 0 Å². The van der Waals surface area contributed by atoms with Crippen LogP contribution < -0.4 is 5.32 Å². The number of nitrogens with one attached hydrogen (secondary N) is 1. The summed E-state index contributed by atoms with van der Waals surface area (Å²) in [5.41, 5.74) is 2.37. The third-order valence-electron chi connectivity index (χ3n) is 4.69. The van der Waals surface area contributed by atoms with Gasteiger partial charge in [-0.3, -0.25) is 4.68 Å². The van der Waals surface area contributed by atoms with Crippen LogP contribution in [0.5, 0.6) is 0 Å². The van der Waals surface area contributed by atoms with Gasteiger partial charge in [0.1, 0.15) is 0 Å². The zero-order valence-electron chi connectivity index (χ0n) is 12.5. The maximum atomic E-state index is 4.56. The van der Waals surface area contributed by atoms with E-state index in [-0.39, 0.29) is 0 Å². The van der Waals surface area contributed by atoms with Gasteiger partial charge in [-0.2, -0.15) is 5.10 Å². The number of hydrogen-bond acceptors (Lipinski definition) is 2. The smallest absolute Gasteiger partial charge is 0.0739 e. The number of rotatable bonds is 4. The van der Waals surface area contributed by atoms with E-state index >= 15 is 0 Å². The lowest BCUT2D eigenvalue weighted by Crippen LogP contribution is -2.40. The van der Waals surface area contributed by atoms with Crippen LogP contribution in [0, 0.1) is 18.8 Å². The molecule has 0 aliphatic heterocycles. The van der Waals surface area contributed by atoms with Gasteiger partial charge in [0.05, 0.1) is 15.9 Å². The molecule has 3 nitrogen and oxygen atoms in total. The van der Waals surface area contributed by atoms with Crippen molar-refractivity contribution < 1.29 is 0 Å². The highest BCUT2D eigenvalue weighted by Crippen LogP contribution is 2.30. The molecule has 3 unspecified atom stereocenters. The van der Waals surface area contributed by atoms with Crippen molar-refractivity contribution in [2.75, 3.05) is 0 Å². The van der Waals surface area contributed by atoms with Gasteiger partial charge in [0.2, 0.25) is 0 Å². The Kier molecular flexibility index (Phi) is 5.07. The summed E-state index contributed by atoms with van der Waals surface area (Å²) in [5, 5.41) is 8.31. The molecule has 108 valence electrons. The second kappa shape index (κ2) is 6.40. The lowest BCUT2D eigenvalue weighted by molar-refractivity contribution is 0.205. The lowest BCUT2D eigenvalue weighted by atomic mass is 9.78. The van der Waals surface area contributed by atoms with Gasteiger partial charge in [-0.1, -0.05) is 26.7 Å². The molecular formula is C15H26BrN3. The first-order chi connectivity index (χ1) is 9.04. The highest BCUT2D eigenvalue weighted by molar-refractivity contribution is 9.10. The number of nitrogens with zero attached hydrogens (tertiary/aromatic N) is 2. The molecule has 0 saturated heterocycles. The van der Waals surface area contributed by atoms with Crippen LogP contribution in [0.2, 0.25) is 0 Å². The molecule has 0 spiro atoms. The summed E-state index contributed by atoms with van der Waals surface area (Å²) in [6.45, 7) is 10.8. The van der Waals surface area contributed by atoms with Crippen molar-refractivity contribution in [1.82, 2.24) is 15.1 Å². The third-order valence-corrected chi connectivity index (χ3v) is 5.72. The normalized spacial score (nSPS) is 27.7. The zero-order valence-corrected chi connectivity index (χ0v) is 14.1. The molecule has 1 fully saturated rings. The molecule has 0 radical (unpaired) electrons. The molecule has 1 N–H and O–H groups in total. The Balaban J connectivity index is 2.02. The Bertz CT molecular complexity index is 427. The average molecular weight is 328 g/mol. The predicted molar refractivity (Wildman–Crippen MR) is 83.1 cm³/mol. The summed E-state index contributed by atoms with van der Waals surface area (Å²) in [6, 6.07) is 0.649. The number of halogens is 1. The Labute approximate surface area is 125 Å². The molecule has 1 aromatic heterocycles. The van der Waals surface area contributed by atoms with Gasteiger partial charge in [-0.25, -0.2) is 0 Å². The van der Waals surface area contributed by atoms with Gasteiger partial charge >= 0.3 is 0 Å². The van der Waals surface area contributed by atoms with E-state index in [0.29, 0.717) is 6.04 Å². The number of hydrogen-bond donors (Lipinski definition) is 1. The summed E-state index contributed by atoms with van der Waals surface area (Å²) < 4.78 is 3.27. The molecule has 1 aliphatic rings. The predicted octanol–water partition coefficient (Wildman–Crippen LogP) is 3.89. The van der Waals surface area contributed by atoms with Crippen molar-refractivity contribution in [3.05, 3.63) is 15.9 Å². The monoisotopic (exact) mass is 327 g/mol. The van der Waals surface area contributed by atoms with Gasteiger partial charge in [-0.15, -0.1) is 0 Å². The standard InChI is InChI=1S/C15H26BrN3/c1-5-19-14(15(16)12(4)18-19)9-17-13-8-6-7-10(2)11(13)3/h10-11,13,17H,5-9H2,1-4H3. The minimum Gasteiger partial charge on any atom is -0.308 e. The second-order valence-corrected chi connectivity index (χ2v) is 6.71. The highest BCUT2D eigenvalue weighted by Gasteiger charge is 2.27. The molecule has 0 amide bonds. The molecule has 0 aromatic carbocycles. The van der Waals surface area contributed by atoms with Gasteiger partial charge in [0, 0.05) is 19.1 Å². The van der Waals surface area contributed by atoms with Crippen molar-refractivity contribution in [2.45, 2.75) is 66.1 Å². The van der Waals surface area contributed by atoms with Crippen LogP contribution in [0.25, 0.3) is 0 Å². The number of aromatic nitrogens is 2. The molecule has 2 rings (SSSR count). The first-order valence-electron chi connectivity index (χ1n) is 7.49. The van der Waals surface area contributed by atoms with Crippen LogP contribution in [0.15, 0.2) is 4.47 Å². The molecule has 1 aliphatic carbocycles. The molecule has 0 bridgehead atoms. The summed E-state index contributed by atoms with van der Waals surface area (Å²) in [5.74, 6) is 1.61. The molecule has 1 saturated carbocycles. The summed E-state index contributed by atoms with van der Waals surface area (Å²) in [4.78, 5) is 0. The van der Waals surface area contributed by atoms with Crippen molar-refractivity contribution >= 4 is 15.9 Å². The second-order valence-electron chi connectivity index (χ2n) is 5.92. The maximum absolute atomic E-state index is 4.56. The highest BCUT2D eigenvalue weighted by atomic mass is 79.9. The van der Waals surface area contributed by atoms with Crippen LogP contribution in [0.4, 0.5) is 0 Å². The van der Waals surface area contributed by atoms with E-state index in [9.17, 15) is 0 Å². The Morgan fingerprint density at radius 2 is 2.11 bits per heavy atom. The molecule has 4 heteroatoms. The fourth-order valence-electron chi connectivity index (χ4n) is 3.14. The first-order valence-corrected chi connectivity index (χ1v) is 8.29. The van der Waals surface area contributed by atoms with Gasteiger partial charge in [0.25, 0.3) is 0 Å². The SMILES string of the molecule is CCn1nc(C)c(Br)c1CNC1CCCC(C)C1C. The van der Waals surface area contributed by atoms with E-state index in [1.165, 1.54) is 29.4 Å². The maximum Gasteiger partial charge on any atom is 0.0739 e.